The van der Waals surface area contributed by atoms with Gasteiger partial charge in [-0.05, 0) is 36.4 Å². The molecule has 0 aliphatic rings. The van der Waals surface area contributed by atoms with E-state index < -0.39 is 0 Å². The van der Waals surface area contributed by atoms with Crippen molar-refractivity contribution in [2.45, 2.75) is 6.54 Å². The summed E-state index contributed by atoms with van der Waals surface area (Å²) in [5, 5.41) is 6.18. The van der Waals surface area contributed by atoms with Crippen LogP contribution < -0.4 is 5.32 Å². The number of nitrogens with zero attached hydrogens (tertiary/aromatic N) is 1. The lowest BCUT2D eigenvalue weighted by molar-refractivity contribution is 1.08. The van der Waals surface area contributed by atoms with E-state index in [0.29, 0.717) is 0 Å². The number of nitrogens with one attached hydrogen (secondary N) is 1. The van der Waals surface area contributed by atoms with Crippen LogP contribution in [0.25, 0.3) is 5.69 Å². The van der Waals surface area contributed by atoms with E-state index in [1.165, 1.54) is 4.88 Å². The lowest BCUT2D eigenvalue weighted by atomic mass is 10.2. The van der Waals surface area contributed by atoms with E-state index >= 15 is 0 Å². The van der Waals surface area contributed by atoms with Gasteiger partial charge in [0.1, 0.15) is 0 Å². The summed E-state index contributed by atoms with van der Waals surface area (Å²) in [6.45, 7) is 0.798. The summed E-state index contributed by atoms with van der Waals surface area (Å²) in [6.07, 6.45) is 4.08. The van der Waals surface area contributed by atoms with Crippen LogP contribution in [0, 0.1) is 0 Å². The topological polar surface area (TPSA) is 17.0 Å². The molecule has 4 heteroatoms. The molecule has 3 rings (SSSR count). The minimum Gasteiger partial charge on any atom is -0.380 e. The Morgan fingerprint density at radius 1 is 1.11 bits per heavy atom. The Morgan fingerprint density at radius 3 is 2.68 bits per heavy atom. The number of benzene rings is 1. The first-order valence-electron chi connectivity index (χ1n) is 6.01. The van der Waals surface area contributed by atoms with Gasteiger partial charge >= 0.3 is 0 Å². The van der Waals surface area contributed by atoms with Crippen molar-refractivity contribution in [3.05, 3.63) is 70.1 Å². The Morgan fingerprint density at radius 2 is 1.95 bits per heavy atom. The molecular formula is C15H13ClN2S. The van der Waals surface area contributed by atoms with Gasteiger partial charge in [0.2, 0.25) is 0 Å². The molecule has 2 aromatic heterocycles. The summed E-state index contributed by atoms with van der Waals surface area (Å²) < 4.78 is 2.09. The zero-order valence-electron chi connectivity index (χ0n) is 10.2. The maximum atomic E-state index is 5.91. The normalized spacial score (nSPS) is 10.6. The molecule has 0 saturated heterocycles. The first-order valence-corrected chi connectivity index (χ1v) is 7.27. The Kier molecular flexibility index (Phi) is 3.58. The van der Waals surface area contributed by atoms with Crippen LogP contribution in [0.1, 0.15) is 4.88 Å². The molecule has 2 heterocycles. The van der Waals surface area contributed by atoms with Crippen molar-refractivity contribution in [1.82, 2.24) is 4.57 Å². The van der Waals surface area contributed by atoms with E-state index in [9.17, 15) is 0 Å². The van der Waals surface area contributed by atoms with E-state index in [0.717, 1.165) is 22.9 Å². The maximum absolute atomic E-state index is 5.91. The van der Waals surface area contributed by atoms with Crippen molar-refractivity contribution in [2.24, 2.45) is 0 Å². The van der Waals surface area contributed by atoms with Crippen LogP contribution in [0.4, 0.5) is 5.69 Å². The number of thiophene rings is 1. The molecule has 0 aliphatic carbocycles. The van der Waals surface area contributed by atoms with Crippen molar-refractivity contribution in [3.63, 3.8) is 0 Å². The van der Waals surface area contributed by atoms with Crippen LogP contribution in [-0.4, -0.2) is 4.57 Å². The molecular weight excluding hydrogens is 276 g/mol. The van der Waals surface area contributed by atoms with Crippen LogP contribution in [0.5, 0.6) is 0 Å². The van der Waals surface area contributed by atoms with Gasteiger partial charge in [0.05, 0.1) is 5.02 Å². The second-order valence-electron chi connectivity index (χ2n) is 4.23. The van der Waals surface area contributed by atoms with Crippen LogP contribution in [0.2, 0.25) is 5.02 Å². The van der Waals surface area contributed by atoms with Crippen LogP contribution in [-0.2, 0) is 6.54 Å². The van der Waals surface area contributed by atoms with E-state index in [1.54, 1.807) is 11.3 Å². The Labute approximate surface area is 121 Å². The van der Waals surface area contributed by atoms with Gasteiger partial charge in [-0.2, -0.15) is 0 Å². The summed E-state index contributed by atoms with van der Waals surface area (Å²) in [6, 6.07) is 14.4. The zero-order chi connectivity index (χ0) is 13.1. The van der Waals surface area contributed by atoms with Crippen LogP contribution >= 0.6 is 22.9 Å². The molecule has 0 amide bonds. The summed E-state index contributed by atoms with van der Waals surface area (Å²) >= 11 is 7.59. The number of aromatic nitrogens is 1. The number of hydrogen-bond acceptors (Lipinski definition) is 2. The first kappa shape index (κ1) is 12.3. The van der Waals surface area contributed by atoms with Gasteiger partial charge in [0.25, 0.3) is 0 Å². The minimum absolute atomic E-state index is 0.798. The number of halogens is 1. The fourth-order valence-corrected chi connectivity index (χ4v) is 2.93. The average molecular weight is 289 g/mol. The van der Waals surface area contributed by atoms with Crippen molar-refractivity contribution < 1.29 is 0 Å². The van der Waals surface area contributed by atoms with Gasteiger partial charge < -0.3 is 9.88 Å². The molecule has 1 N–H and O–H groups in total. The third kappa shape index (κ3) is 3.00. The highest BCUT2D eigenvalue weighted by atomic mass is 35.5. The number of hydrogen-bond donors (Lipinski definition) is 1. The predicted molar refractivity (Wildman–Crippen MR) is 82.4 cm³/mol. The summed E-state index contributed by atoms with van der Waals surface area (Å²) in [5.74, 6) is 0. The highest BCUT2D eigenvalue weighted by Crippen LogP contribution is 2.21. The summed E-state index contributed by atoms with van der Waals surface area (Å²) in [7, 11) is 0. The molecule has 0 radical (unpaired) electrons. The first-order chi connectivity index (χ1) is 9.31. The second-order valence-corrected chi connectivity index (χ2v) is 5.66. The van der Waals surface area contributed by atoms with E-state index in [4.69, 9.17) is 11.6 Å². The molecule has 1 aromatic carbocycles. The molecule has 0 unspecified atom stereocenters. The third-order valence-electron chi connectivity index (χ3n) is 2.84. The SMILES string of the molecule is Clc1csc(CNc2cccc(-n3cccc3)c2)c1. The van der Waals surface area contributed by atoms with Gasteiger partial charge in [-0.15, -0.1) is 11.3 Å². The highest BCUT2D eigenvalue weighted by Gasteiger charge is 2.00. The smallest absolute Gasteiger partial charge is 0.0516 e. The van der Waals surface area contributed by atoms with Gasteiger partial charge in [0, 0.05) is 40.6 Å². The number of rotatable bonds is 4. The Hall–Kier alpha value is -1.71. The Bertz CT molecular complexity index is 658. The second kappa shape index (κ2) is 5.51. The molecule has 19 heavy (non-hydrogen) atoms. The predicted octanol–water partition coefficient (Wildman–Crippen LogP) is 4.80. The van der Waals surface area contributed by atoms with E-state index in [-0.39, 0.29) is 0 Å². The standard InChI is InChI=1S/C15H13ClN2S/c16-12-8-15(19-11-12)10-17-13-4-3-5-14(9-13)18-6-1-2-7-18/h1-9,11,17H,10H2. The quantitative estimate of drug-likeness (QED) is 0.729. The lowest BCUT2D eigenvalue weighted by Gasteiger charge is -2.08. The molecule has 96 valence electrons. The average Bonchev–Trinajstić information content (AvgIpc) is 3.08. The van der Waals surface area contributed by atoms with E-state index in [1.807, 2.05) is 36.0 Å². The molecule has 0 bridgehead atoms. The summed E-state index contributed by atoms with van der Waals surface area (Å²) in [5.41, 5.74) is 2.26. The highest BCUT2D eigenvalue weighted by molar-refractivity contribution is 7.10. The molecule has 0 fully saturated rings. The van der Waals surface area contributed by atoms with Gasteiger partial charge in [-0.1, -0.05) is 17.7 Å². The molecule has 0 saturated carbocycles. The molecule has 0 aliphatic heterocycles. The fourth-order valence-electron chi connectivity index (χ4n) is 1.92. The van der Waals surface area contributed by atoms with Crippen LogP contribution in [0.15, 0.2) is 60.2 Å². The zero-order valence-corrected chi connectivity index (χ0v) is 11.8. The molecule has 3 aromatic rings. The third-order valence-corrected chi connectivity index (χ3v) is 4.12. The van der Waals surface area contributed by atoms with Crippen LogP contribution in [0.3, 0.4) is 0 Å². The van der Waals surface area contributed by atoms with Gasteiger partial charge in [-0.25, -0.2) is 0 Å². The van der Waals surface area contributed by atoms with Gasteiger partial charge in [-0.3, -0.25) is 0 Å². The minimum atomic E-state index is 0.798. The van der Waals surface area contributed by atoms with Crippen molar-refractivity contribution in [1.29, 1.82) is 0 Å². The van der Waals surface area contributed by atoms with Crippen molar-refractivity contribution in [2.75, 3.05) is 5.32 Å². The molecule has 0 atom stereocenters. The lowest BCUT2D eigenvalue weighted by Crippen LogP contribution is -1.98. The molecule has 0 spiro atoms. The fraction of sp³-hybridized carbons (Fsp3) is 0.0667. The number of anilines is 1. The van der Waals surface area contributed by atoms with Crippen molar-refractivity contribution >= 4 is 28.6 Å². The monoisotopic (exact) mass is 288 g/mol. The Balaban J connectivity index is 1.73. The maximum Gasteiger partial charge on any atom is 0.0516 e. The largest absolute Gasteiger partial charge is 0.380 e. The summed E-state index contributed by atoms with van der Waals surface area (Å²) in [4.78, 5) is 1.23. The van der Waals surface area contributed by atoms with Crippen molar-refractivity contribution in [3.8, 4) is 5.69 Å². The molecule has 2 nitrogen and oxygen atoms in total. The van der Waals surface area contributed by atoms with E-state index in [2.05, 4.69) is 34.1 Å². The van der Waals surface area contributed by atoms with Gasteiger partial charge in [0.15, 0.2) is 0 Å².